The number of anilines is 1. The number of hydrogen-bond donors (Lipinski definition) is 1. The topological polar surface area (TPSA) is 55.6 Å². The second kappa shape index (κ2) is 4.85. The van der Waals surface area contributed by atoms with E-state index in [4.69, 9.17) is 10.5 Å². The monoisotopic (exact) mass is 234 g/mol. The SMILES string of the molecule is Cc1ccc(N2C(=O)COCC2CN)c(C)c1. The van der Waals surface area contributed by atoms with Crippen LogP contribution in [0.25, 0.3) is 0 Å². The summed E-state index contributed by atoms with van der Waals surface area (Å²) in [4.78, 5) is 13.7. The molecule has 0 aromatic heterocycles. The molecule has 2 N–H and O–H groups in total. The molecule has 4 nitrogen and oxygen atoms in total. The number of rotatable bonds is 2. The van der Waals surface area contributed by atoms with Gasteiger partial charge in [-0.15, -0.1) is 0 Å². The van der Waals surface area contributed by atoms with Gasteiger partial charge in [0.2, 0.25) is 0 Å². The predicted molar refractivity (Wildman–Crippen MR) is 67.1 cm³/mol. The molecule has 0 radical (unpaired) electrons. The fourth-order valence-electron chi connectivity index (χ4n) is 2.21. The third-order valence-electron chi connectivity index (χ3n) is 3.05. The van der Waals surface area contributed by atoms with Crippen LogP contribution in [-0.4, -0.2) is 31.7 Å². The second-order valence-corrected chi connectivity index (χ2v) is 4.46. The number of carbonyl (C=O) groups excluding carboxylic acids is 1. The first-order valence-corrected chi connectivity index (χ1v) is 5.80. The lowest BCUT2D eigenvalue weighted by molar-refractivity contribution is -0.127. The quantitative estimate of drug-likeness (QED) is 0.830. The molecule has 2 rings (SSSR count). The average molecular weight is 234 g/mol. The molecule has 1 saturated heterocycles. The zero-order chi connectivity index (χ0) is 12.4. The standard InChI is InChI=1S/C13H18N2O2/c1-9-3-4-12(10(2)5-9)15-11(6-14)7-17-8-13(15)16/h3-5,11H,6-8,14H2,1-2H3. The molecule has 17 heavy (non-hydrogen) atoms. The number of hydrogen-bond acceptors (Lipinski definition) is 3. The molecule has 1 heterocycles. The Kier molecular flexibility index (Phi) is 3.45. The number of benzene rings is 1. The maximum atomic E-state index is 11.9. The van der Waals surface area contributed by atoms with Gasteiger partial charge in [-0.1, -0.05) is 17.7 Å². The van der Waals surface area contributed by atoms with E-state index in [9.17, 15) is 4.79 Å². The van der Waals surface area contributed by atoms with Gasteiger partial charge in [0.05, 0.1) is 12.6 Å². The first-order chi connectivity index (χ1) is 8.13. The van der Waals surface area contributed by atoms with E-state index in [1.165, 1.54) is 5.56 Å². The molecule has 1 aliphatic heterocycles. The number of ether oxygens (including phenoxy) is 1. The predicted octanol–water partition coefficient (Wildman–Crippen LogP) is 0.994. The van der Waals surface area contributed by atoms with Gasteiger partial charge in [0.15, 0.2) is 0 Å². The highest BCUT2D eigenvalue weighted by Crippen LogP contribution is 2.25. The number of morpholine rings is 1. The Hall–Kier alpha value is -1.39. The van der Waals surface area contributed by atoms with Crippen molar-refractivity contribution in [2.75, 3.05) is 24.7 Å². The van der Waals surface area contributed by atoms with Crippen molar-refractivity contribution in [1.29, 1.82) is 0 Å². The van der Waals surface area contributed by atoms with Crippen LogP contribution >= 0.6 is 0 Å². The molecule has 4 heteroatoms. The maximum absolute atomic E-state index is 11.9. The van der Waals surface area contributed by atoms with Crippen LogP contribution in [0.15, 0.2) is 18.2 Å². The zero-order valence-corrected chi connectivity index (χ0v) is 10.3. The van der Waals surface area contributed by atoms with Crippen LogP contribution in [0.2, 0.25) is 0 Å². The zero-order valence-electron chi connectivity index (χ0n) is 10.3. The Morgan fingerprint density at radius 3 is 2.88 bits per heavy atom. The highest BCUT2D eigenvalue weighted by Gasteiger charge is 2.29. The largest absolute Gasteiger partial charge is 0.369 e. The van der Waals surface area contributed by atoms with Crippen LogP contribution in [-0.2, 0) is 9.53 Å². The van der Waals surface area contributed by atoms with Crippen LogP contribution in [0.1, 0.15) is 11.1 Å². The number of aryl methyl sites for hydroxylation is 2. The lowest BCUT2D eigenvalue weighted by Crippen LogP contribution is -2.53. The van der Waals surface area contributed by atoms with E-state index in [0.717, 1.165) is 11.3 Å². The fourth-order valence-corrected chi connectivity index (χ4v) is 2.21. The van der Waals surface area contributed by atoms with Gasteiger partial charge in [-0.2, -0.15) is 0 Å². The molecule has 1 aliphatic rings. The molecular formula is C13H18N2O2. The van der Waals surface area contributed by atoms with E-state index in [0.29, 0.717) is 13.2 Å². The Balaban J connectivity index is 2.38. The maximum Gasteiger partial charge on any atom is 0.253 e. The molecule has 92 valence electrons. The van der Waals surface area contributed by atoms with Crippen molar-refractivity contribution in [3.63, 3.8) is 0 Å². The molecule has 0 bridgehead atoms. The third-order valence-corrected chi connectivity index (χ3v) is 3.05. The number of amides is 1. The number of nitrogens with zero attached hydrogens (tertiary/aromatic N) is 1. The van der Waals surface area contributed by atoms with Crippen LogP contribution in [0.3, 0.4) is 0 Å². The lowest BCUT2D eigenvalue weighted by atomic mass is 10.1. The minimum atomic E-state index is -0.0577. The van der Waals surface area contributed by atoms with E-state index in [2.05, 4.69) is 6.07 Å². The van der Waals surface area contributed by atoms with Gasteiger partial charge in [0, 0.05) is 12.2 Å². The fraction of sp³-hybridized carbons (Fsp3) is 0.462. The van der Waals surface area contributed by atoms with E-state index < -0.39 is 0 Å². The summed E-state index contributed by atoms with van der Waals surface area (Å²) in [5.74, 6) is -0.0151. The van der Waals surface area contributed by atoms with E-state index in [1.54, 1.807) is 4.90 Å². The van der Waals surface area contributed by atoms with E-state index in [1.807, 2.05) is 26.0 Å². The normalized spacial score (nSPS) is 20.8. The summed E-state index contributed by atoms with van der Waals surface area (Å²) >= 11 is 0. The second-order valence-electron chi connectivity index (χ2n) is 4.46. The molecule has 0 spiro atoms. The van der Waals surface area contributed by atoms with E-state index in [-0.39, 0.29) is 18.6 Å². The van der Waals surface area contributed by atoms with Crippen molar-refractivity contribution in [2.24, 2.45) is 5.73 Å². The first-order valence-electron chi connectivity index (χ1n) is 5.80. The van der Waals surface area contributed by atoms with Crippen molar-refractivity contribution in [1.82, 2.24) is 0 Å². The molecule has 1 amide bonds. The lowest BCUT2D eigenvalue weighted by Gasteiger charge is -2.35. The molecule has 0 aliphatic carbocycles. The van der Waals surface area contributed by atoms with Crippen molar-refractivity contribution in [2.45, 2.75) is 19.9 Å². The number of carbonyl (C=O) groups is 1. The average Bonchev–Trinajstić information content (AvgIpc) is 2.30. The highest BCUT2D eigenvalue weighted by molar-refractivity contribution is 5.96. The highest BCUT2D eigenvalue weighted by atomic mass is 16.5. The summed E-state index contributed by atoms with van der Waals surface area (Å²) in [6, 6.07) is 6.01. The van der Waals surface area contributed by atoms with Crippen LogP contribution in [0, 0.1) is 13.8 Å². The van der Waals surface area contributed by atoms with Gasteiger partial charge in [0.1, 0.15) is 6.61 Å². The molecule has 1 fully saturated rings. The van der Waals surface area contributed by atoms with Gasteiger partial charge in [-0.25, -0.2) is 0 Å². The summed E-state index contributed by atoms with van der Waals surface area (Å²) in [6.45, 7) is 5.12. The Morgan fingerprint density at radius 1 is 1.47 bits per heavy atom. The van der Waals surface area contributed by atoms with Crippen molar-refractivity contribution in [3.8, 4) is 0 Å². The van der Waals surface area contributed by atoms with Gasteiger partial charge >= 0.3 is 0 Å². The smallest absolute Gasteiger partial charge is 0.253 e. The van der Waals surface area contributed by atoms with Crippen LogP contribution in [0.4, 0.5) is 5.69 Å². The Labute approximate surface area is 101 Å². The molecule has 0 saturated carbocycles. The molecule has 1 atom stereocenters. The molecular weight excluding hydrogens is 216 g/mol. The third kappa shape index (κ3) is 2.33. The molecule has 1 aromatic rings. The number of nitrogens with two attached hydrogens (primary N) is 1. The van der Waals surface area contributed by atoms with Crippen molar-refractivity contribution in [3.05, 3.63) is 29.3 Å². The summed E-state index contributed by atoms with van der Waals surface area (Å²) < 4.78 is 5.23. The first kappa shape index (κ1) is 12.1. The van der Waals surface area contributed by atoms with Gasteiger partial charge in [0.25, 0.3) is 5.91 Å². The summed E-state index contributed by atoms with van der Waals surface area (Å²) in [6.07, 6.45) is 0. The minimum absolute atomic E-state index is 0.0151. The van der Waals surface area contributed by atoms with Gasteiger partial charge < -0.3 is 15.4 Å². The van der Waals surface area contributed by atoms with Gasteiger partial charge in [-0.05, 0) is 25.5 Å². The van der Waals surface area contributed by atoms with Gasteiger partial charge in [-0.3, -0.25) is 4.79 Å². The summed E-state index contributed by atoms with van der Waals surface area (Å²) in [7, 11) is 0. The van der Waals surface area contributed by atoms with Crippen molar-refractivity contribution >= 4 is 11.6 Å². The summed E-state index contributed by atoms with van der Waals surface area (Å²) in [5.41, 5.74) is 8.93. The van der Waals surface area contributed by atoms with E-state index >= 15 is 0 Å². The van der Waals surface area contributed by atoms with Crippen molar-refractivity contribution < 1.29 is 9.53 Å². The van der Waals surface area contributed by atoms with Crippen LogP contribution in [0.5, 0.6) is 0 Å². The molecule has 1 aromatic carbocycles. The summed E-state index contributed by atoms with van der Waals surface area (Å²) in [5, 5.41) is 0. The Morgan fingerprint density at radius 2 is 2.24 bits per heavy atom. The van der Waals surface area contributed by atoms with Crippen LogP contribution < -0.4 is 10.6 Å². The minimum Gasteiger partial charge on any atom is -0.369 e. The Bertz CT molecular complexity index is 431. The molecule has 1 unspecified atom stereocenters.